The molecule has 0 amide bonds. The van der Waals surface area contributed by atoms with Gasteiger partial charge in [-0.1, -0.05) is 0 Å². The molecule has 0 fully saturated rings. The normalized spacial score (nSPS) is 8.92. The maximum atomic E-state index is 11.1. The molecule has 0 atom stereocenters. The lowest BCUT2D eigenvalue weighted by atomic mass is 10.1. The molecule has 0 spiro atoms. The molecule has 1 N–H and O–H groups in total. The van der Waals surface area contributed by atoms with Gasteiger partial charge in [-0.2, -0.15) is 5.26 Å². The zero-order valence-corrected chi connectivity index (χ0v) is 6.32. The van der Waals surface area contributed by atoms with Crippen LogP contribution in [0.15, 0.2) is 24.3 Å². The van der Waals surface area contributed by atoms with E-state index in [-0.39, 0.29) is 18.0 Å². The third-order valence-corrected chi connectivity index (χ3v) is 1.43. The van der Waals surface area contributed by atoms with Crippen molar-refractivity contribution in [2.24, 2.45) is 0 Å². The zero-order valence-electron chi connectivity index (χ0n) is 6.32. The van der Waals surface area contributed by atoms with Crippen LogP contribution in [0.1, 0.15) is 16.8 Å². The number of carbonyl (C=O) groups is 1. The summed E-state index contributed by atoms with van der Waals surface area (Å²) in [5.74, 6) is -0.110. The number of phenolic OH excluding ortho intramolecular Hbond substituents is 1. The Morgan fingerprint density at radius 2 is 2.00 bits per heavy atom. The fourth-order valence-corrected chi connectivity index (χ4v) is 0.821. The highest BCUT2D eigenvalue weighted by atomic mass is 16.3. The van der Waals surface area contributed by atoms with Crippen LogP contribution in [-0.4, -0.2) is 10.9 Å². The molecule has 3 nitrogen and oxygen atoms in total. The van der Waals surface area contributed by atoms with Gasteiger partial charge < -0.3 is 5.11 Å². The van der Waals surface area contributed by atoms with Crippen LogP contribution in [-0.2, 0) is 0 Å². The summed E-state index contributed by atoms with van der Waals surface area (Å²) in [7, 11) is 0. The number of rotatable bonds is 2. The van der Waals surface area contributed by atoms with Crippen LogP contribution in [0.4, 0.5) is 0 Å². The zero-order chi connectivity index (χ0) is 8.97. The highest BCUT2D eigenvalue weighted by molar-refractivity contribution is 5.97. The van der Waals surface area contributed by atoms with Crippen molar-refractivity contribution in [1.82, 2.24) is 0 Å². The molecular weight excluding hydrogens is 154 g/mol. The van der Waals surface area contributed by atoms with Gasteiger partial charge in [0.1, 0.15) is 5.75 Å². The molecule has 0 aromatic heterocycles. The topological polar surface area (TPSA) is 61.1 Å². The van der Waals surface area contributed by atoms with Gasteiger partial charge in [0, 0.05) is 5.56 Å². The number of phenols is 1. The minimum atomic E-state index is -0.225. The molecule has 0 unspecified atom stereocenters. The Hall–Kier alpha value is -1.82. The summed E-state index contributed by atoms with van der Waals surface area (Å²) in [6, 6.07) is 7.60. The van der Waals surface area contributed by atoms with Crippen molar-refractivity contribution >= 4 is 5.78 Å². The summed E-state index contributed by atoms with van der Waals surface area (Å²) in [5, 5.41) is 17.1. The van der Waals surface area contributed by atoms with E-state index in [9.17, 15) is 4.79 Å². The number of hydrogen-bond donors (Lipinski definition) is 1. The van der Waals surface area contributed by atoms with E-state index >= 15 is 0 Å². The predicted octanol–water partition coefficient (Wildman–Crippen LogP) is 1.49. The van der Waals surface area contributed by atoms with Gasteiger partial charge in [0.2, 0.25) is 0 Å². The Morgan fingerprint density at radius 3 is 2.50 bits per heavy atom. The third-order valence-electron chi connectivity index (χ3n) is 1.43. The van der Waals surface area contributed by atoms with Crippen LogP contribution in [0.2, 0.25) is 0 Å². The highest BCUT2D eigenvalue weighted by Gasteiger charge is 2.03. The molecule has 3 heteroatoms. The fraction of sp³-hybridized carbons (Fsp3) is 0.111. The second-order valence-corrected chi connectivity index (χ2v) is 2.30. The van der Waals surface area contributed by atoms with Gasteiger partial charge in [-0.15, -0.1) is 0 Å². The molecule has 1 rings (SSSR count). The summed E-state index contributed by atoms with van der Waals surface area (Å²) in [4.78, 5) is 11.1. The van der Waals surface area contributed by atoms with Gasteiger partial charge in [0.15, 0.2) is 5.78 Å². The molecular formula is C9H7NO2. The second kappa shape index (κ2) is 3.54. The first-order valence-electron chi connectivity index (χ1n) is 3.43. The lowest BCUT2D eigenvalue weighted by molar-refractivity contribution is 0.0998. The molecule has 0 aliphatic rings. The number of nitriles is 1. The first-order valence-corrected chi connectivity index (χ1v) is 3.43. The highest BCUT2D eigenvalue weighted by Crippen LogP contribution is 2.10. The molecule has 0 heterocycles. The molecule has 0 radical (unpaired) electrons. The lowest BCUT2D eigenvalue weighted by Gasteiger charge is -1.95. The maximum Gasteiger partial charge on any atom is 0.176 e. The van der Waals surface area contributed by atoms with Gasteiger partial charge in [0.05, 0.1) is 12.5 Å². The van der Waals surface area contributed by atoms with Gasteiger partial charge in [0.25, 0.3) is 0 Å². The molecule has 0 bridgehead atoms. The van der Waals surface area contributed by atoms with Gasteiger partial charge >= 0.3 is 0 Å². The number of Topliss-reactive ketones (excluding diaryl/α,β-unsaturated/α-hetero) is 1. The fourth-order valence-electron chi connectivity index (χ4n) is 0.821. The van der Waals surface area contributed by atoms with E-state index in [1.54, 1.807) is 6.07 Å². The first kappa shape index (κ1) is 8.28. The van der Waals surface area contributed by atoms with Crippen molar-refractivity contribution in [3.63, 3.8) is 0 Å². The number of ketones is 1. The van der Waals surface area contributed by atoms with Crippen LogP contribution < -0.4 is 0 Å². The van der Waals surface area contributed by atoms with Crippen molar-refractivity contribution in [3.05, 3.63) is 29.8 Å². The van der Waals surface area contributed by atoms with Crippen LogP contribution >= 0.6 is 0 Å². The maximum absolute atomic E-state index is 11.1. The second-order valence-electron chi connectivity index (χ2n) is 2.30. The Bertz CT molecular complexity index is 321. The summed E-state index contributed by atoms with van der Waals surface area (Å²) in [5.41, 5.74) is 0.453. The van der Waals surface area contributed by atoms with Crippen molar-refractivity contribution in [2.75, 3.05) is 0 Å². The van der Waals surface area contributed by atoms with Crippen LogP contribution in [0.25, 0.3) is 0 Å². The summed E-state index contributed by atoms with van der Waals surface area (Å²) in [6.07, 6.45) is -0.120. The van der Waals surface area contributed by atoms with E-state index in [2.05, 4.69) is 0 Å². The molecule has 12 heavy (non-hydrogen) atoms. The Morgan fingerprint density at radius 1 is 1.42 bits per heavy atom. The van der Waals surface area contributed by atoms with Crippen molar-refractivity contribution < 1.29 is 9.90 Å². The Balaban J connectivity index is 2.84. The van der Waals surface area contributed by atoms with Gasteiger partial charge in [-0.25, -0.2) is 0 Å². The van der Waals surface area contributed by atoms with Gasteiger partial charge in [-0.3, -0.25) is 4.79 Å². The molecule has 1 aromatic carbocycles. The van der Waals surface area contributed by atoms with Crippen molar-refractivity contribution in [1.29, 1.82) is 5.26 Å². The number of hydrogen-bond acceptors (Lipinski definition) is 3. The predicted molar refractivity (Wildman–Crippen MR) is 42.7 cm³/mol. The minimum Gasteiger partial charge on any atom is -0.508 e. The first-order chi connectivity index (χ1) is 5.74. The van der Waals surface area contributed by atoms with Crippen molar-refractivity contribution in [2.45, 2.75) is 6.42 Å². The quantitative estimate of drug-likeness (QED) is 0.668. The van der Waals surface area contributed by atoms with E-state index in [1.807, 2.05) is 0 Å². The third kappa shape index (κ3) is 1.83. The standard InChI is InChI=1S/C9H7NO2/c10-6-5-9(12)7-1-3-8(11)4-2-7/h1-4,11H,5H2. The van der Waals surface area contributed by atoms with Crippen LogP contribution in [0.5, 0.6) is 5.75 Å². The number of aromatic hydroxyl groups is 1. The smallest absolute Gasteiger partial charge is 0.176 e. The molecule has 60 valence electrons. The molecule has 0 aliphatic heterocycles. The van der Waals surface area contributed by atoms with Crippen LogP contribution in [0.3, 0.4) is 0 Å². The monoisotopic (exact) mass is 161 g/mol. The van der Waals surface area contributed by atoms with E-state index < -0.39 is 0 Å². The SMILES string of the molecule is N#CCC(=O)c1ccc(O)cc1. The summed E-state index contributed by atoms with van der Waals surface area (Å²) >= 11 is 0. The van der Waals surface area contributed by atoms with E-state index in [4.69, 9.17) is 10.4 Å². The van der Waals surface area contributed by atoms with Crippen molar-refractivity contribution in [3.8, 4) is 11.8 Å². The van der Waals surface area contributed by atoms with Crippen LogP contribution in [0, 0.1) is 11.3 Å². The van der Waals surface area contributed by atoms with E-state index in [0.717, 1.165) is 0 Å². The number of benzene rings is 1. The number of nitrogens with zero attached hydrogens (tertiary/aromatic N) is 1. The summed E-state index contributed by atoms with van der Waals surface area (Å²) in [6.45, 7) is 0. The lowest BCUT2D eigenvalue weighted by Crippen LogP contribution is -1.95. The number of carbonyl (C=O) groups excluding carboxylic acids is 1. The summed E-state index contributed by atoms with van der Waals surface area (Å²) < 4.78 is 0. The largest absolute Gasteiger partial charge is 0.508 e. The Kier molecular flexibility index (Phi) is 2.44. The van der Waals surface area contributed by atoms with E-state index in [0.29, 0.717) is 5.56 Å². The molecule has 0 saturated heterocycles. The molecule has 0 saturated carbocycles. The average Bonchev–Trinajstić information content (AvgIpc) is 2.06. The average molecular weight is 161 g/mol. The van der Waals surface area contributed by atoms with Gasteiger partial charge in [-0.05, 0) is 24.3 Å². The Labute approximate surface area is 69.9 Å². The molecule has 0 aliphatic carbocycles. The molecule has 1 aromatic rings. The minimum absolute atomic E-state index is 0.114. The van der Waals surface area contributed by atoms with E-state index in [1.165, 1.54) is 24.3 Å².